The molecule has 1 aliphatic carbocycles. The molecule has 2 saturated heterocycles. The van der Waals surface area contributed by atoms with Gasteiger partial charge in [0.05, 0.1) is 42.9 Å². The van der Waals surface area contributed by atoms with E-state index in [0.717, 1.165) is 61.8 Å². The summed E-state index contributed by atoms with van der Waals surface area (Å²) in [5, 5.41) is 0.359. The average Bonchev–Trinajstić information content (AvgIpc) is 3.27. The SMILES string of the molecule is COC(=O)c1ccc2nc(CN3C[C@@H]4C(c5cccc(OCc6ccc(Cl)cc6F)n5)[C@@H]4C3)n(CC3CCO3)c2c1. The Labute approximate surface area is 242 Å². The molecule has 4 atom stereocenters. The number of methoxy groups -OCH3 is 1. The van der Waals surface area contributed by atoms with E-state index in [1.165, 1.54) is 13.2 Å². The van der Waals surface area contributed by atoms with Gasteiger partial charge in [-0.2, -0.15) is 0 Å². The third-order valence-electron chi connectivity index (χ3n) is 8.54. The number of ether oxygens (including phenoxy) is 3. The molecule has 0 N–H and O–H groups in total. The number of esters is 1. The van der Waals surface area contributed by atoms with E-state index in [-0.39, 0.29) is 24.5 Å². The molecule has 2 unspecified atom stereocenters. The normalized spacial score (nSPS) is 23.3. The Hall–Kier alpha value is -3.53. The zero-order valence-electron chi connectivity index (χ0n) is 22.6. The van der Waals surface area contributed by atoms with Crippen LogP contribution in [0.1, 0.15) is 39.8 Å². The van der Waals surface area contributed by atoms with Gasteiger partial charge in [-0.3, -0.25) is 4.90 Å². The molecule has 0 spiro atoms. The number of carbonyl (C=O) groups is 1. The van der Waals surface area contributed by atoms with Gasteiger partial charge in [0.2, 0.25) is 5.88 Å². The number of hydrogen-bond donors (Lipinski definition) is 0. The predicted octanol–water partition coefficient (Wildman–Crippen LogP) is 5.22. The number of imidazole rings is 1. The number of nitrogens with zero attached hydrogens (tertiary/aromatic N) is 4. The lowest BCUT2D eigenvalue weighted by Crippen LogP contribution is -2.33. The van der Waals surface area contributed by atoms with Crippen molar-refractivity contribution in [2.75, 3.05) is 26.8 Å². The lowest BCUT2D eigenvalue weighted by molar-refractivity contribution is -0.0591. The highest BCUT2D eigenvalue weighted by Crippen LogP contribution is 2.58. The Morgan fingerprint density at radius 3 is 2.68 bits per heavy atom. The van der Waals surface area contributed by atoms with Crippen LogP contribution in [0.4, 0.5) is 4.39 Å². The number of hydrogen-bond acceptors (Lipinski definition) is 7. The van der Waals surface area contributed by atoms with Gasteiger partial charge in [0.25, 0.3) is 0 Å². The standard InChI is InChI=1S/C31H30ClFN4O4/c1-39-31(38)18-6-8-25-27(11-18)37(13-21-9-10-40-21)28(34-25)16-36-14-22-23(15-36)30(22)26-3-2-4-29(35-26)41-17-19-5-7-20(32)12-24(19)33/h2-8,11-12,21-23,30H,9-10,13-17H2,1H3/t21?,22-,23+,30?. The van der Waals surface area contributed by atoms with Gasteiger partial charge in [0.15, 0.2) is 0 Å². The zero-order valence-corrected chi connectivity index (χ0v) is 23.4. The number of benzene rings is 2. The number of halogens is 2. The van der Waals surface area contributed by atoms with Crippen LogP contribution in [-0.2, 0) is 29.2 Å². The minimum Gasteiger partial charge on any atom is -0.473 e. The van der Waals surface area contributed by atoms with E-state index in [4.69, 9.17) is 35.8 Å². The Bertz CT molecular complexity index is 1610. The van der Waals surface area contributed by atoms with E-state index >= 15 is 0 Å². The van der Waals surface area contributed by atoms with Crippen molar-refractivity contribution in [3.8, 4) is 5.88 Å². The summed E-state index contributed by atoms with van der Waals surface area (Å²) in [6.07, 6.45) is 1.19. The second kappa shape index (κ2) is 10.7. The molecule has 10 heteroatoms. The molecule has 4 aromatic rings. The van der Waals surface area contributed by atoms with Crippen LogP contribution >= 0.6 is 11.6 Å². The Morgan fingerprint density at radius 1 is 1.12 bits per heavy atom. The Kier molecular flexibility index (Phi) is 6.89. The fraction of sp³-hybridized carbons (Fsp3) is 0.387. The van der Waals surface area contributed by atoms with Crippen LogP contribution in [0.2, 0.25) is 5.02 Å². The largest absolute Gasteiger partial charge is 0.473 e. The van der Waals surface area contributed by atoms with Crippen molar-refractivity contribution in [1.82, 2.24) is 19.4 Å². The van der Waals surface area contributed by atoms with Crippen LogP contribution in [0.25, 0.3) is 11.0 Å². The van der Waals surface area contributed by atoms with Crippen LogP contribution in [0, 0.1) is 17.7 Å². The molecule has 3 fully saturated rings. The third kappa shape index (κ3) is 5.18. The lowest BCUT2D eigenvalue weighted by Gasteiger charge is -2.28. The topological polar surface area (TPSA) is 78.7 Å². The molecule has 0 amide bonds. The molecule has 2 aromatic carbocycles. The van der Waals surface area contributed by atoms with Gasteiger partial charge >= 0.3 is 5.97 Å². The molecule has 7 rings (SSSR count). The van der Waals surface area contributed by atoms with Gasteiger partial charge in [-0.1, -0.05) is 23.7 Å². The summed E-state index contributed by atoms with van der Waals surface area (Å²) in [5.41, 5.74) is 3.79. The van der Waals surface area contributed by atoms with Crippen LogP contribution < -0.4 is 4.74 Å². The Morgan fingerprint density at radius 2 is 1.95 bits per heavy atom. The monoisotopic (exact) mass is 576 g/mol. The minimum absolute atomic E-state index is 0.0960. The van der Waals surface area contributed by atoms with Crippen LogP contribution in [-0.4, -0.2) is 58.3 Å². The van der Waals surface area contributed by atoms with Gasteiger partial charge in [-0.05, 0) is 54.7 Å². The fourth-order valence-electron chi connectivity index (χ4n) is 6.24. The van der Waals surface area contributed by atoms with Gasteiger partial charge < -0.3 is 18.8 Å². The summed E-state index contributed by atoms with van der Waals surface area (Å²) in [5.74, 6) is 2.20. The third-order valence-corrected chi connectivity index (χ3v) is 8.78. The first-order chi connectivity index (χ1) is 20.0. The van der Waals surface area contributed by atoms with Crippen molar-refractivity contribution in [2.45, 2.75) is 38.1 Å². The molecule has 4 heterocycles. The molecule has 0 bridgehead atoms. The molecular formula is C31H30ClFN4O4. The zero-order chi connectivity index (χ0) is 28.1. The number of carbonyl (C=O) groups excluding carboxylic acids is 1. The Balaban J connectivity index is 1.02. The van der Waals surface area contributed by atoms with Crippen molar-refractivity contribution >= 4 is 28.6 Å². The number of fused-ring (bicyclic) bond motifs is 2. The van der Waals surface area contributed by atoms with Gasteiger partial charge in [-0.15, -0.1) is 0 Å². The van der Waals surface area contributed by atoms with Crippen molar-refractivity contribution in [2.24, 2.45) is 11.8 Å². The highest BCUT2D eigenvalue weighted by molar-refractivity contribution is 6.30. The summed E-state index contributed by atoms with van der Waals surface area (Å²) in [6.45, 7) is 4.27. The first kappa shape index (κ1) is 26.4. The summed E-state index contributed by atoms with van der Waals surface area (Å²) < 4.78 is 32.8. The molecular weight excluding hydrogens is 547 g/mol. The van der Waals surface area contributed by atoms with Crippen molar-refractivity contribution < 1.29 is 23.4 Å². The lowest BCUT2D eigenvalue weighted by atomic mass is 10.1. The fourth-order valence-corrected chi connectivity index (χ4v) is 6.40. The maximum absolute atomic E-state index is 14.1. The van der Waals surface area contributed by atoms with Gasteiger partial charge in [0, 0.05) is 48.0 Å². The number of piperidine rings is 1. The van der Waals surface area contributed by atoms with Crippen LogP contribution in [0.5, 0.6) is 5.88 Å². The number of rotatable bonds is 9. The highest BCUT2D eigenvalue weighted by Gasteiger charge is 2.57. The molecule has 8 nitrogen and oxygen atoms in total. The van der Waals surface area contributed by atoms with E-state index in [1.54, 1.807) is 18.2 Å². The van der Waals surface area contributed by atoms with E-state index in [2.05, 4.69) is 15.5 Å². The average molecular weight is 577 g/mol. The summed E-state index contributed by atoms with van der Waals surface area (Å²) in [6, 6.07) is 15.9. The maximum atomic E-state index is 14.1. The van der Waals surface area contributed by atoms with E-state index in [9.17, 15) is 9.18 Å². The molecule has 1 saturated carbocycles. The van der Waals surface area contributed by atoms with Gasteiger partial charge in [-0.25, -0.2) is 19.2 Å². The maximum Gasteiger partial charge on any atom is 0.337 e. The van der Waals surface area contributed by atoms with Crippen LogP contribution in [0.3, 0.4) is 0 Å². The molecule has 2 aliphatic heterocycles. The van der Waals surface area contributed by atoms with E-state index < -0.39 is 0 Å². The molecule has 2 aromatic heterocycles. The highest BCUT2D eigenvalue weighted by atomic mass is 35.5. The van der Waals surface area contributed by atoms with Crippen molar-refractivity contribution in [1.29, 1.82) is 0 Å². The van der Waals surface area contributed by atoms with Crippen molar-refractivity contribution in [3.05, 3.63) is 88.1 Å². The predicted molar refractivity (Wildman–Crippen MR) is 150 cm³/mol. The first-order valence-electron chi connectivity index (χ1n) is 13.9. The van der Waals surface area contributed by atoms with Gasteiger partial charge in [0.1, 0.15) is 18.2 Å². The molecule has 41 heavy (non-hydrogen) atoms. The number of aromatic nitrogens is 3. The first-order valence-corrected chi connectivity index (χ1v) is 14.3. The quantitative estimate of drug-likeness (QED) is 0.253. The van der Waals surface area contributed by atoms with E-state index in [1.807, 2.05) is 24.3 Å². The molecule has 212 valence electrons. The van der Waals surface area contributed by atoms with Crippen LogP contribution in [0.15, 0.2) is 54.6 Å². The summed E-state index contributed by atoms with van der Waals surface area (Å²) in [7, 11) is 1.39. The summed E-state index contributed by atoms with van der Waals surface area (Å²) >= 11 is 5.85. The number of pyridine rings is 1. The molecule has 3 aliphatic rings. The van der Waals surface area contributed by atoms with Crippen molar-refractivity contribution in [3.63, 3.8) is 0 Å². The number of likely N-dealkylation sites (tertiary alicyclic amines) is 1. The second-order valence-electron chi connectivity index (χ2n) is 11.1. The second-order valence-corrected chi connectivity index (χ2v) is 11.5. The smallest absolute Gasteiger partial charge is 0.337 e. The van der Waals surface area contributed by atoms with E-state index in [0.29, 0.717) is 39.8 Å². The minimum atomic E-state index is -0.386. The molecule has 0 radical (unpaired) electrons. The summed E-state index contributed by atoms with van der Waals surface area (Å²) in [4.78, 5) is 24.3.